The molecule has 6 nitrogen and oxygen atoms in total. The van der Waals surface area contributed by atoms with E-state index in [0.717, 1.165) is 23.0 Å². The second-order valence-electron chi connectivity index (χ2n) is 7.58. The average molecular weight is 400 g/mol. The van der Waals surface area contributed by atoms with Crippen LogP contribution in [0.3, 0.4) is 0 Å². The highest BCUT2D eigenvalue weighted by Gasteiger charge is 2.30. The zero-order valence-electron chi connectivity index (χ0n) is 16.8. The minimum absolute atomic E-state index is 0.0644. The topological polar surface area (TPSA) is 72.7 Å². The van der Waals surface area contributed by atoms with Gasteiger partial charge in [-0.3, -0.25) is 14.3 Å². The van der Waals surface area contributed by atoms with Gasteiger partial charge in [-0.2, -0.15) is 0 Å². The first kappa shape index (κ1) is 20.6. The van der Waals surface area contributed by atoms with Gasteiger partial charge in [-0.25, -0.2) is 0 Å². The van der Waals surface area contributed by atoms with Crippen molar-refractivity contribution in [2.24, 2.45) is 11.8 Å². The maximum absolute atomic E-state index is 12.8. The first-order valence-electron chi connectivity index (χ1n) is 9.92. The third-order valence-electron chi connectivity index (χ3n) is 5.65. The summed E-state index contributed by atoms with van der Waals surface area (Å²) < 4.78 is 1.99. The molecule has 28 heavy (non-hydrogen) atoms. The summed E-state index contributed by atoms with van der Waals surface area (Å²) in [6.45, 7) is 10.9. The van der Waals surface area contributed by atoms with Gasteiger partial charge in [0.1, 0.15) is 0 Å². The molecule has 0 spiro atoms. The van der Waals surface area contributed by atoms with Gasteiger partial charge in [-0.1, -0.05) is 44.5 Å². The Morgan fingerprint density at radius 1 is 1.36 bits per heavy atom. The minimum atomic E-state index is -0.248. The number of carbonyl (C=O) groups is 1. The van der Waals surface area contributed by atoms with Crippen LogP contribution >= 0.6 is 11.8 Å². The molecular weight excluding hydrogens is 370 g/mol. The fraction of sp³-hybridized carbons (Fsp3) is 0.524. The summed E-state index contributed by atoms with van der Waals surface area (Å²) in [5, 5.41) is 12.4. The van der Waals surface area contributed by atoms with E-state index in [9.17, 15) is 4.79 Å². The van der Waals surface area contributed by atoms with Crippen LogP contribution in [0.15, 0.2) is 42.3 Å². The van der Waals surface area contributed by atoms with E-state index >= 15 is 0 Å². The summed E-state index contributed by atoms with van der Waals surface area (Å²) in [6.07, 6.45) is 8.78. The summed E-state index contributed by atoms with van der Waals surface area (Å²) in [5.41, 5.74) is 0.943. The van der Waals surface area contributed by atoms with Crippen LogP contribution in [0.2, 0.25) is 0 Å². The van der Waals surface area contributed by atoms with Crippen LogP contribution in [-0.2, 0) is 11.3 Å². The lowest BCUT2D eigenvalue weighted by molar-refractivity contribution is -0.121. The number of amides is 1. The molecular formula is C21H29N5OS. The van der Waals surface area contributed by atoms with Crippen molar-refractivity contribution in [2.45, 2.75) is 63.0 Å². The van der Waals surface area contributed by atoms with E-state index < -0.39 is 0 Å². The second-order valence-corrected chi connectivity index (χ2v) is 8.89. The van der Waals surface area contributed by atoms with Gasteiger partial charge in [-0.15, -0.1) is 16.8 Å². The van der Waals surface area contributed by atoms with Crippen molar-refractivity contribution in [2.75, 3.05) is 0 Å². The zero-order valence-corrected chi connectivity index (χ0v) is 17.7. The van der Waals surface area contributed by atoms with Gasteiger partial charge in [0.15, 0.2) is 11.0 Å². The van der Waals surface area contributed by atoms with E-state index in [2.05, 4.69) is 40.9 Å². The Morgan fingerprint density at radius 3 is 2.82 bits per heavy atom. The summed E-state index contributed by atoms with van der Waals surface area (Å²) in [5.74, 6) is 1.99. The fourth-order valence-electron chi connectivity index (χ4n) is 3.68. The number of aromatic nitrogens is 4. The van der Waals surface area contributed by atoms with Gasteiger partial charge in [0.25, 0.3) is 0 Å². The van der Waals surface area contributed by atoms with E-state index in [0.29, 0.717) is 18.4 Å². The molecule has 2 aromatic rings. The van der Waals surface area contributed by atoms with Crippen molar-refractivity contribution in [3.8, 4) is 11.4 Å². The van der Waals surface area contributed by atoms with Crippen molar-refractivity contribution >= 4 is 17.7 Å². The molecule has 1 aliphatic carbocycles. The Bertz CT molecular complexity index is 806. The molecule has 2 aromatic heterocycles. The molecule has 1 N–H and O–H groups in total. The smallest absolute Gasteiger partial charge is 0.233 e. The number of nitrogens with zero attached hydrogens (tertiary/aromatic N) is 4. The number of carbonyl (C=O) groups excluding carboxylic acids is 1. The summed E-state index contributed by atoms with van der Waals surface area (Å²) in [4.78, 5) is 16.9. The highest BCUT2D eigenvalue weighted by molar-refractivity contribution is 8.00. The Hall–Kier alpha value is -2.15. The van der Waals surface area contributed by atoms with Crippen molar-refractivity contribution in [3.63, 3.8) is 0 Å². The Balaban J connectivity index is 1.71. The highest BCUT2D eigenvalue weighted by Crippen LogP contribution is 2.31. The standard InChI is InChI=1S/C21H29N5OS/c1-5-13-26-19(17-9-11-22-12-10-17)24-25-21(26)28-16(4)20(27)23-18-8-6-7-14(2)15(18)3/h5,9-12,14-16,18H,1,6-8,13H2,2-4H3,(H,23,27)/t14-,15-,16-,18+/m1/s1. The molecule has 150 valence electrons. The molecule has 1 fully saturated rings. The summed E-state index contributed by atoms with van der Waals surface area (Å²) >= 11 is 1.44. The number of hydrogen-bond donors (Lipinski definition) is 1. The van der Waals surface area contributed by atoms with E-state index in [1.54, 1.807) is 12.4 Å². The molecule has 3 rings (SSSR count). The van der Waals surface area contributed by atoms with E-state index in [1.807, 2.05) is 29.7 Å². The predicted octanol–water partition coefficient (Wildman–Crippen LogP) is 3.95. The van der Waals surface area contributed by atoms with Crippen molar-refractivity contribution < 1.29 is 4.79 Å². The van der Waals surface area contributed by atoms with Crippen LogP contribution in [-0.4, -0.2) is 36.9 Å². The Kier molecular flexibility index (Phi) is 6.88. The molecule has 7 heteroatoms. The van der Waals surface area contributed by atoms with Gasteiger partial charge in [0, 0.05) is 30.5 Å². The Labute approximate surface area is 171 Å². The molecule has 1 aliphatic rings. The van der Waals surface area contributed by atoms with Gasteiger partial charge in [0.05, 0.1) is 5.25 Å². The van der Waals surface area contributed by atoms with E-state index in [1.165, 1.54) is 24.6 Å². The third-order valence-corrected chi connectivity index (χ3v) is 6.73. The molecule has 0 aromatic carbocycles. The van der Waals surface area contributed by atoms with Gasteiger partial charge in [0.2, 0.25) is 5.91 Å². The molecule has 0 saturated heterocycles. The number of allylic oxidation sites excluding steroid dienone is 1. The number of thioether (sulfide) groups is 1. The third kappa shape index (κ3) is 4.63. The zero-order chi connectivity index (χ0) is 20.1. The van der Waals surface area contributed by atoms with Gasteiger partial charge in [-0.05, 0) is 37.3 Å². The molecule has 0 aliphatic heterocycles. The Morgan fingerprint density at radius 2 is 2.11 bits per heavy atom. The predicted molar refractivity (Wildman–Crippen MR) is 113 cm³/mol. The molecule has 4 atom stereocenters. The van der Waals surface area contributed by atoms with Gasteiger partial charge >= 0.3 is 0 Å². The number of nitrogens with one attached hydrogen (secondary N) is 1. The largest absolute Gasteiger partial charge is 0.352 e. The van der Waals surface area contributed by atoms with E-state index in [4.69, 9.17) is 0 Å². The number of hydrogen-bond acceptors (Lipinski definition) is 5. The molecule has 2 heterocycles. The quantitative estimate of drug-likeness (QED) is 0.564. The van der Waals surface area contributed by atoms with Crippen molar-refractivity contribution in [1.82, 2.24) is 25.1 Å². The first-order valence-corrected chi connectivity index (χ1v) is 10.8. The number of pyridine rings is 1. The second kappa shape index (κ2) is 9.37. The summed E-state index contributed by atoms with van der Waals surface area (Å²) in [6, 6.07) is 4.07. The average Bonchev–Trinajstić information content (AvgIpc) is 3.08. The SMILES string of the molecule is C=CCn1c(S[C@H](C)C(=O)N[C@H]2CCC[C@@H](C)[C@H]2C)nnc1-c1ccncc1. The lowest BCUT2D eigenvalue weighted by Gasteiger charge is -2.35. The normalized spacial score (nSPS) is 23.2. The monoisotopic (exact) mass is 399 g/mol. The molecule has 1 saturated carbocycles. The molecule has 0 bridgehead atoms. The van der Waals surface area contributed by atoms with Crippen LogP contribution in [0.25, 0.3) is 11.4 Å². The first-order chi connectivity index (χ1) is 13.5. The number of rotatable bonds is 7. The van der Waals surface area contributed by atoms with Crippen LogP contribution in [0.4, 0.5) is 0 Å². The lowest BCUT2D eigenvalue weighted by Crippen LogP contribution is -2.46. The van der Waals surface area contributed by atoms with Gasteiger partial charge < -0.3 is 5.32 Å². The minimum Gasteiger partial charge on any atom is -0.352 e. The van der Waals surface area contributed by atoms with Crippen molar-refractivity contribution in [1.29, 1.82) is 0 Å². The summed E-state index contributed by atoms with van der Waals surface area (Å²) in [7, 11) is 0. The fourth-order valence-corrected chi connectivity index (χ4v) is 4.55. The van der Waals surface area contributed by atoms with Crippen LogP contribution in [0.5, 0.6) is 0 Å². The van der Waals surface area contributed by atoms with Crippen LogP contribution in [0, 0.1) is 11.8 Å². The lowest BCUT2D eigenvalue weighted by atomic mass is 9.78. The molecule has 0 radical (unpaired) electrons. The highest BCUT2D eigenvalue weighted by atomic mass is 32.2. The maximum atomic E-state index is 12.8. The molecule has 0 unspecified atom stereocenters. The molecule has 1 amide bonds. The van der Waals surface area contributed by atoms with Crippen LogP contribution in [0.1, 0.15) is 40.0 Å². The van der Waals surface area contributed by atoms with Crippen molar-refractivity contribution in [3.05, 3.63) is 37.2 Å². The van der Waals surface area contributed by atoms with E-state index in [-0.39, 0.29) is 17.2 Å². The van der Waals surface area contributed by atoms with Crippen LogP contribution < -0.4 is 5.32 Å². The maximum Gasteiger partial charge on any atom is 0.233 e.